The second-order valence-electron chi connectivity index (χ2n) is 8.21. The number of imide groups is 1. The first-order valence-electron chi connectivity index (χ1n) is 10.6. The number of aryl methyl sites for hydroxylation is 1. The normalized spacial score (nSPS) is 20.9. The zero-order valence-corrected chi connectivity index (χ0v) is 20.0. The zero-order chi connectivity index (χ0) is 24.0. The number of anilines is 1. The number of fused-ring (bicyclic) bond motifs is 2. The van der Waals surface area contributed by atoms with E-state index < -0.39 is 17.1 Å². The predicted octanol–water partition coefficient (Wildman–Crippen LogP) is 2.74. The summed E-state index contributed by atoms with van der Waals surface area (Å²) in [6.45, 7) is 1.77. The lowest BCUT2D eigenvalue weighted by atomic mass is 9.83. The highest BCUT2D eigenvalue weighted by Crippen LogP contribution is 2.51. The standard InChI is InChI=1S/C24H21N3O5S2/c1-12-3-7-14(8-4-12)25-16(28)11-27-23-20(34-24(27)31)17(13-5-9-15(32-2)10-6-13)18-19(33-23)22(30)26-21(18)29/h3-10,17-19H,11H2,1-2H3,(H,25,28)(H,26,29,30)/t17-,18?,19?/m0/s1. The van der Waals surface area contributed by atoms with Gasteiger partial charge >= 0.3 is 4.87 Å². The molecule has 2 aliphatic rings. The molecule has 1 saturated heterocycles. The number of nitrogens with one attached hydrogen (secondary N) is 2. The van der Waals surface area contributed by atoms with E-state index in [-0.39, 0.29) is 29.1 Å². The Morgan fingerprint density at radius 2 is 1.76 bits per heavy atom. The SMILES string of the molecule is COc1ccc([C@@H]2c3sc(=O)n(CC(=O)Nc4ccc(C)cc4)c3SC3C(=O)NC(=O)C32)cc1. The van der Waals surface area contributed by atoms with Crippen molar-refractivity contribution in [1.82, 2.24) is 9.88 Å². The van der Waals surface area contributed by atoms with Gasteiger partial charge in [0, 0.05) is 16.5 Å². The minimum Gasteiger partial charge on any atom is -0.497 e. The number of carbonyl (C=O) groups is 3. The van der Waals surface area contributed by atoms with Crippen LogP contribution in [0.15, 0.2) is 58.4 Å². The van der Waals surface area contributed by atoms with E-state index in [0.717, 1.165) is 22.5 Å². The van der Waals surface area contributed by atoms with Gasteiger partial charge < -0.3 is 10.1 Å². The number of nitrogens with zero attached hydrogens (tertiary/aromatic N) is 1. The van der Waals surface area contributed by atoms with Crippen LogP contribution in [-0.2, 0) is 20.9 Å². The van der Waals surface area contributed by atoms with Gasteiger partial charge in [-0.3, -0.25) is 29.1 Å². The van der Waals surface area contributed by atoms with Crippen molar-refractivity contribution in [1.29, 1.82) is 0 Å². The number of hydrogen-bond acceptors (Lipinski definition) is 7. The first kappa shape index (κ1) is 22.4. The molecule has 2 N–H and O–H groups in total. The number of aromatic nitrogens is 1. The first-order chi connectivity index (χ1) is 16.4. The van der Waals surface area contributed by atoms with E-state index in [1.807, 2.05) is 31.2 Å². The fraction of sp³-hybridized carbons (Fsp3) is 0.250. The van der Waals surface area contributed by atoms with Gasteiger partial charge in [-0.05, 0) is 36.8 Å². The van der Waals surface area contributed by atoms with Crippen molar-refractivity contribution in [3.05, 3.63) is 74.2 Å². The number of methoxy groups -OCH3 is 1. The lowest BCUT2D eigenvalue weighted by Gasteiger charge is -2.30. The molecule has 3 aromatic rings. The molecular weight excluding hydrogens is 474 g/mol. The van der Waals surface area contributed by atoms with E-state index in [0.29, 0.717) is 21.3 Å². The monoisotopic (exact) mass is 495 g/mol. The highest BCUT2D eigenvalue weighted by Gasteiger charge is 2.52. The number of thioether (sulfide) groups is 1. The molecule has 10 heteroatoms. The molecule has 2 aromatic carbocycles. The molecule has 2 aliphatic heterocycles. The van der Waals surface area contributed by atoms with Crippen LogP contribution in [0.1, 0.15) is 21.9 Å². The Kier molecular flexibility index (Phi) is 5.78. The van der Waals surface area contributed by atoms with Gasteiger partial charge in [-0.1, -0.05) is 52.9 Å². The first-order valence-corrected chi connectivity index (χ1v) is 12.3. The third kappa shape index (κ3) is 3.92. The van der Waals surface area contributed by atoms with Crippen LogP contribution in [0.5, 0.6) is 5.75 Å². The molecule has 2 unspecified atom stereocenters. The second-order valence-corrected chi connectivity index (χ2v) is 10.3. The van der Waals surface area contributed by atoms with Gasteiger partial charge in [0.05, 0.1) is 18.1 Å². The lowest BCUT2D eigenvalue weighted by Crippen LogP contribution is -2.32. The number of hydrogen-bond donors (Lipinski definition) is 2. The fourth-order valence-corrected chi connectivity index (χ4v) is 7.07. The van der Waals surface area contributed by atoms with Crippen molar-refractivity contribution >= 4 is 46.5 Å². The molecule has 3 heterocycles. The topological polar surface area (TPSA) is 106 Å². The number of benzene rings is 2. The zero-order valence-electron chi connectivity index (χ0n) is 18.4. The maximum absolute atomic E-state index is 13.0. The number of ether oxygens (including phenoxy) is 1. The maximum Gasteiger partial charge on any atom is 0.308 e. The molecule has 1 aromatic heterocycles. The van der Waals surface area contributed by atoms with Crippen molar-refractivity contribution in [2.45, 2.75) is 29.7 Å². The molecule has 0 saturated carbocycles. The summed E-state index contributed by atoms with van der Waals surface area (Å²) in [5, 5.41) is 5.12. The van der Waals surface area contributed by atoms with Crippen LogP contribution in [-0.4, -0.2) is 34.6 Å². The molecule has 34 heavy (non-hydrogen) atoms. The van der Waals surface area contributed by atoms with E-state index in [2.05, 4.69) is 10.6 Å². The van der Waals surface area contributed by atoms with Gasteiger partial charge in [0.25, 0.3) is 0 Å². The van der Waals surface area contributed by atoms with Crippen molar-refractivity contribution in [3.63, 3.8) is 0 Å². The Morgan fingerprint density at radius 1 is 1.06 bits per heavy atom. The smallest absolute Gasteiger partial charge is 0.308 e. The molecule has 0 spiro atoms. The van der Waals surface area contributed by atoms with Crippen LogP contribution >= 0.6 is 23.1 Å². The molecule has 174 valence electrons. The maximum atomic E-state index is 13.0. The van der Waals surface area contributed by atoms with Crippen molar-refractivity contribution < 1.29 is 19.1 Å². The largest absolute Gasteiger partial charge is 0.497 e. The van der Waals surface area contributed by atoms with Crippen LogP contribution in [0.4, 0.5) is 5.69 Å². The number of thiazole rings is 1. The van der Waals surface area contributed by atoms with Gasteiger partial charge in [-0.15, -0.1) is 0 Å². The quantitative estimate of drug-likeness (QED) is 0.527. The number of amides is 3. The van der Waals surface area contributed by atoms with E-state index >= 15 is 0 Å². The summed E-state index contributed by atoms with van der Waals surface area (Å²) in [5.41, 5.74) is 2.51. The van der Waals surface area contributed by atoms with E-state index in [9.17, 15) is 19.2 Å². The van der Waals surface area contributed by atoms with Gasteiger partial charge in [0.2, 0.25) is 17.7 Å². The van der Waals surface area contributed by atoms with Gasteiger partial charge in [0.1, 0.15) is 17.5 Å². The molecule has 3 amide bonds. The molecule has 5 rings (SSSR count). The molecule has 0 aliphatic carbocycles. The van der Waals surface area contributed by atoms with Crippen molar-refractivity contribution in [2.75, 3.05) is 12.4 Å². The average molecular weight is 496 g/mol. The van der Waals surface area contributed by atoms with Gasteiger partial charge in [-0.25, -0.2) is 0 Å². The summed E-state index contributed by atoms with van der Waals surface area (Å²) in [5.74, 6) is -1.51. The van der Waals surface area contributed by atoms with E-state index in [1.165, 1.54) is 16.3 Å². The predicted molar refractivity (Wildman–Crippen MR) is 130 cm³/mol. The second kappa shape index (κ2) is 8.77. The highest BCUT2D eigenvalue weighted by atomic mass is 32.2. The number of carbonyl (C=O) groups excluding carboxylic acids is 3. The lowest BCUT2D eigenvalue weighted by molar-refractivity contribution is -0.126. The molecule has 8 nitrogen and oxygen atoms in total. The van der Waals surface area contributed by atoms with E-state index in [1.54, 1.807) is 31.4 Å². The van der Waals surface area contributed by atoms with Crippen molar-refractivity contribution in [2.24, 2.45) is 5.92 Å². The Morgan fingerprint density at radius 3 is 2.44 bits per heavy atom. The highest BCUT2D eigenvalue weighted by molar-refractivity contribution is 8.00. The molecule has 0 radical (unpaired) electrons. The minimum atomic E-state index is -0.674. The van der Waals surface area contributed by atoms with Crippen LogP contribution in [0.2, 0.25) is 0 Å². The summed E-state index contributed by atoms with van der Waals surface area (Å²) in [6.07, 6.45) is 0. The average Bonchev–Trinajstić information content (AvgIpc) is 3.29. The summed E-state index contributed by atoms with van der Waals surface area (Å²) in [6, 6.07) is 14.6. The number of rotatable bonds is 5. The summed E-state index contributed by atoms with van der Waals surface area (Å²) in [4.78, 5) is 51.4. The molecule has 3 atom stereocenters. The summed E-state index contributed by atoms with van der Waals surface area (Å²) < 4.78 is 6.64. The molecule has 0 bridgehead atoms. The summed E-state index contributed by atoms with van der Waals surface area (Å²) >= 11 is 2.20. The van der Waals surface area contributed by atoms with Crippen LogP contribution < -0.4 is 20.2 Å². The molecular formula is C24H21N3O5S2. The van der Waals surface area contributed by atoms with E-state index in [4.69, 9.17) is 4.74 Å². The Bertz CT molecular complexity index is 1340. The third-order valence-electron chi connectivity index (χ3n) is 6.00. The Hall–Kier alpha value is -3.37. The third-order valence-corrected chi connectivity index (χ3v) is 8.62. The Labute approximate surface area is 203 Å². The van der Waals surface area contributed by atoms with Gasteiger partial charge in [-0.2, -0.15) is 0 Å². The van der Waals surface area contributed by atoms with Crippen LogP contribution in [0.25, 0.3) is 0 Å². The van der Waals surface area contributed by atoms with Crippen molar-refractivity contribution in [3.8, 4) is 5.75 Å². The minimum absolute atomic E-state index is 0.187. The summed E-state index contributed by atoms with van der Waals surface area (Å²) in [7, 11) is 1.57. The Balaban J connectivity index is 1.52. The fourth-order valence-electron chi connectivity index (χ4n) is 4.33. The van der Waals surface area contributed by atoms with Crippen LogP contribution in [0, 0.1) is 12.8 Å². The van der Waals surface area contributed by atoms with Crippen LogP contribution in [0.3, 0.4) is 0 Å². The molecule has 1 fully saturated rings. The van der Waals surface area contributed by atoms with Gasteiger partial charge in [0.15, 0.2) is 0 Å².